The number of aromatic nitrogens is 5. The van der Waals surface area contributed by atoms with Gasteiger partial charge in [0.1, 0.15) is 11.4 Å². The van der Waals surface area contributed by atoms with Crippen LogP contribution in [0.2, 0.25) is 0 Å². The maximum Gasteiger partial charge on any atom is 0.416 e. The third-order valence-corrected chi connectivity index (χ3v) is 4.25. The summed E-state index contributed by atoms with van der Waals surface area (Å²) in [6, 6.07) is 5.27. The molecule has 0 aliphatic carbocycles. The Morgan fingerprint density at radius 2 is 2.04 bits per heavy atom. The van der Waals surface area contributed by atoms with Gasteiger partial charge in [0.05, 0.1) is 5.56 Å². The number of hydrogen-bond donors (Lipinski definition) is 0. The van der Waals surface area contributed by atoms with E-state index in [1.54, 1.807) is 10.7 Å². The molecule has 1 aromatic carbocycles. The van der Waals surface area contributed by atoms with Gasteiger partial charge in [0, 0.05) is 12.3 Å². The summed E-state index contributed by atoms with van der Waals surface area (Å²) >= 11 is 1.31. The SMILES string of the molecule is CCn1nnc2c(SCc3cccc(C(F)(F)F)c3)ncnc21. The predicted molar refractivity (Wildman–Crippen MR) is 79.8 cm³/mol. The second-order valence-corrected chi connectivity index (χ2v) is 5.71. The van der Waals surface area contributed by atoms with Gasteiger partial charge in [-0.05, 0) is 18.6 Å². The van der Waals surface area contributed by atoms with Gasteiger partial charge in [-0.15, -0.1) is 5.10 Å². The lowest BCUT2D eigenvalue weighted by Gasteiger charge is -2.08. The fourth-order valence-electron chi connectivity index (χ4n) is 2.08. The summed E-state index contributed by atoms with van der Waals surface area (Å²) in [6.07, 6.45) is -2.93. The number of rotatable bonds is 4. The fraction of sp³-hybridized carbons (Fsp3) is 0.286. The monoisotopic (exact) mass is 339 g/mol. The zero-order chi connectivity index (χ0) is 16.4. The van der Waals surface area contributed by atoms with Crippen LogP contribution in [0.5, 0.6) is 0 Å². The van der Waals surface area contributed by atoms with E-state index in [2.05, 4.69) is 20.3 Å². The molecule has 2 heterocycles. The lowest BCUT2D eigenvalue weighted by atomic mass is 10.1. The second-order valence-electron chi connectivity index (χ2n) is 4.74. The van der Waals surface area contributed by atoms with Crippen LogP contribution in [0.4, 0.5) is 13.2 Å². The van der Waals surface area contributed by atoms with Crippen LogP contribution in [0, 0.1) is 0 Å². The van der Waals surface area contributed by atoms with Gasteiger partial charge in [0.25, 0.3) is 0 Å². The van der Waals surface area contributed by atoms with E-state index in [1.165, 1.54) is 24.2 Å². The number of hydrogen-bond acceptors (Lipinski definition) is 5. The molecule has 0 spiro atoms. The zero-order valence-corrected chi connectivity index (χ0v) is 12.9. The molecule has 0 radical (unpaired) electrons. The molecular formula is C14H12F3N5S. The van der Waals surface area contributed by atoms with Crippen molar-refractivity contribution in [1.82, 2.24) is 25.0 Å². The number of thioether (sulfide) groups is 1. The van der Waals surface area contributed by atoms with E-state index in [4.69, 9.17) is 0 Å². The van der Waals surface area contributed by atoms with E-state index >= 15 is 0 Å². The molecular weight excluding hydrogens is 327 g/mol. The molecule has 120 valence electrons. The molecule has 0 saturated carbocycles. The molecule has 0 saturated heterocycles. The van der Waals surface area contributed by atoms with E-state index in [0.717, 1.165) is 12.1 Å². The molecule has 0 fully saturated rings. The number of alkyl halides is 3. The first-order valence-electron chi connectivity index (χ1n) is 6.82. The Morgan fingerprint density at radius 1 is 1.22 bits per heavy atom. The maximum atomic E-state index is 12.7. The molecule has 9 heteroatoms. The number of halogens is 3. The van der Waals surface area contributed by atoms with E-state index in [9.17, 15) is 13.2 Å². The van der Waals surface area contributed by atoms with Crippen molar-refractivity contribution in [2.75, 3.05) is 0 Å². The Bertz CT molecular complexity index is 831. The van der Waals surface area contributed by atoms with Crippen molar-refractivity contribution < 1.29 is 13.2 Å². The van der Waals surface area contributed by atoms with Crippen LogP contribution in [0.3, 0.4) is 0 Å². The lowest BCUT2D eigenvalue weighted by molar-refractivity contribution is -0.137. The van der Waals surface area contributed by atoms with E-state index in [1.807, 2.05) is 6.92 Å². The molecule has 0 unspecified atom stereocenters. The quantitative estimate of drug-likeness (QED) is 0.537. The molecule has 2 aromatic heterocycles. The maximum absolute atomic E-state index is 12.7. The summed E-state index contributed by atoms with van der Waals surface area (Å²) in [5, 5.41) is 8.63. The van der Waals surface area contributed by atoms with Gasteiger partial charge in [-0.3, -0.25) is 0 Å². The molecule has 0 bridgehead atoms. The lowest BCUT2D eigenvalue weighted by Crippen LogP contribution is -2.04. The Balaban J connectivity index is 1.83. The van der Waals surface area contributed by atoms with Crippen molar-refractivity contribution in [1.29, 1.82) is 0 Å². The highest BCUT2D eigenvalue weighted by molar-refractivity contribution is 7.98. The van der Waals surface area contributed by atoms with Gasteiger partial charge in [-0.1, -0.05) is 35.2 Å². The van der Waals surface area contributed by atoms with E-state index in [0.29, 0.717) is 34.1 Å². The Kier molecular flexibility index (Phi) is 4.20. The molecule has 3 rings (SSSR count). The van der Waals surface area contributed by atoms with Crippen LogP contribution < -0.4 is 0 Å². The van der Waals surface area contributed by atoms with Crippen molar-refractivity contribution in [2.45, 2.75) is 30.4 Å². The predicted octanol–water partition coefficient (Wildman–Crippen LogP) is 3.55. The molecule has 23 heavy (non-hydrogen) atoms. The largest absolute Gasteiger partial charge is 0.416 e. The van der Waals surface area contributed by atoms with Crippen LogP contribution in [-0.2, 0) is 18.5 Å². The Labute approximate surface area is 133 Å². The molecule has 0 aliphatic heterocycles. The molecule has 0 amide bonds. The second kappa shape index (κ2) is 6.15. The topological polar surface area (TPSA) is 56.5 Å². The van der Waals surface area contributed by atoms with Crippen molar-refractivity contribution in [2.24, 2.45) is 0 Å². The minimum absolute atomic E-state index is 0.356. The standard InChI is InChI=1S/C14H12F3N5S/c1-2-22-12-11(20-21-22)13(19-8-18-12)23-7-9-4-3-5-10(6-9)14(15,16)17/h3-6,8H,2,7H2,1H3. The van der Waals surface area contributed by atoms with Gasteiger partial charge in [0.2, 0.25) is 0 Å². The molecule has 0 aliphatic rings. The summed E-state index contributed by atoms with van der Waals surface area (Å²) < 4.78 is 39.8. The van der Waals surface area contributed by atoms with Crippen LogP contribution >= 0.6 is 11.8 Å². The van der Waals surface area contributed by atoms with Crippen molar-refractivity contribution in [3.8, 4) is 0 Å². The van der Waals surface area contributed by atoms with Crippen molar-refractivity contribution in [3.05, 3.63) is 41.7 Å². The smallest absolute Gasteiger partial charge is 0.227 e. The van der Waals surface area contributed by atoms with Gasteiger partial charge in [-0.2, -0.15) is 13.2 Å². The first kappa shape index (κ1) is 15.7. The summed E-state index contributed by atoms with van der Waals surface area (Å²) in [6.45, 7) is 2.55. The highest BCUT2D eigenvalue weighted by Crippen LogP contribution is 2.31. The Hall–Kier alpha value is -2.16. The molecule has 5 nitrogen and oxygen atoms in total. The van der Waals surface area contributed by atoms with Crippen molar-refractivity contribution >= 4 is 22.9 Å². The third-order valence-electron chi connectivity index (χ3n) is 3.20. The normalized spacial score (nSPS) is 12.0. The summed E-state index contributed by atoms with van der Waals surface area (Å²) in [5.41, 5.74) is 1.10. The van der Waals surface area contributed by atoms with Gasteiger partial charge < -0.3 is 0 Å². The van der Waals surface area contributed by atoms with Crippen LogP contribution in [-0.4, -0.2) is 25.0 Å². The number of nitrogens with zero attached hydrogens (tertiary/aromatic N) is 5. The van der Waals surface area contributed by atoms with Crippen LogP contribution in [0.1, 0.15) is 18.1 Å². The average Bonchev–Trinajstić information content (AvgIpc) is 2.96. The minimum Gasteiger partial charge on any atom is -0.227 e. The molecule has 0 atom stereocenters. The average molecular weight is 339 g/mol. The summed E-state index contributed by atoms with van der Waals surface area (Å²) in [7, 11) is 0. The number of benzene rings is 1. The summed E-state index contributed by atoms with van der Waals surface area (Å²) in [5.74, 6) is 0.356. The number of aryl methyl sites for hydroxylation is 1. The fourth-order valence-corrected chi connectivity index (χ4v) is 2.95. The zero-order valence-electron chi connectivity index (χ0n) is 12.1. The minimum atomic E-state index is -4.34. The van der Waals surface area contributed by atoms with E-state index < -0.39 is 11.7 Å². The van der Waals surface area contributed by atoms with Crippen molar-refractivity contribution in [3.63, 3.8) is 0 Å². The molecule has 0 N–H and O–H groups in total. The highest BCUT2D eigenvalue weighted by atomic mass is 32.2. The van der Waals surface area contributed by atoms with Gasteiger partial charge in [-0.25, -0.2) is 14.6 Å². The van der Waals surface area contributed by atoms with Gasteiger partial charge in [0.15, 0.2) is 11.2 Å². The van der Waals surface area contributed by atoms with Crippen LogP contribution in [0.15, 0.2) is 35.6 Å². The number of fused-ring (bicyclic) bond motifs is 1. The summed E-state index contributed by atoms with van der Waals surface area (Å²) in [4.78, 5) is 8.29. The highest BCUT2D eigenvalue weighted by Gasteiger charge is 2.30. The Morgan fingerprint density at radius 3 is 2.78 bits per heavy atom. The first-order chi connectivity index (χ1) is 11.0. The first-order valence-corrected chi connectivity index (χ1v) is 7.80. The third kappa shape index (κ3) is 3.29. The van der Waals surface area contributed by atoms with E-state index in [-0.39, 0.29) is 0 Å². The van der Waals surface area contributed by atoms with Crippen LogP contribution in [0.25, 0.3) is 11.2 Å². The van der Waals surface area contributed by atoms with Gasteiger partial charge >= 0.3 is 6.18 Å². The molecule has 3 aromatic rings.